The molecule has 0 heterocycles. The van der Waals surface area contributed by atoms with Crippen molar-refractivity contribution in [2.75, 3.05) is 6.61 Å². The van der Waals surface area contributed by atoms with Crippen LogP contribution in [-0.2, 0) is 9.53 Å². The SMILES string of the molecule is C=CCOC(=O)/C1=C/C=C\C=C/CC1. The van der Waals surface area contributed by atoms with Crippen molar-refractivity contribution in [3.8, 4) is 0 Å². The molecule has 0 saturated heterocycles. The minimum absolute atomic E-state index is 0.246. The van der Waals surface area contributed by atoms with Crippen LogP contribution >= 0.6 is 0 Å². The molecular weight excluding hydrogens is 176 g/mol. The van der Waals surface area contributed by atoms with Crippen LogP contribution in [0.3, 0.4) is 0 Å². The second-order valence-corrected chi connectivity index (χ2v) is 2.93. The lowest BCUT2D eigenvalue weighted by molar-refractivity contribution is -0.137. The molecule has 0 aliphatic heterocycles. The molecule has 0 spiro atoms. The maximum absolute atomic E-state index is 11.4. The van der Waals surface area contributed by atoms with Crippen molar-refractivity contribution in [2.24, 2.45) is 0 Å². The molecule has 74 valence electrons. The fourth-order valence-corrected chi connectivity index (χ4v) is 1.13. The van der Waals surface area contributed by atoms with E-state index in [2.05, 4.69) is 6.58 Å². The molecule has 2 nitrogen and oxygen atoms in total. The number of rotatable bonds is 3. The minimum Gasteiger partial charge on any atom is -0.458 e. The summed E-state index contributed by atoms with van der Waals surface area (Å²) in [5.41, 5.74) is 0.715. The van der Waals surface area contributed by atoms with Gasteiger partial charge in [-0.1, -0.05) is 43.0 Å². The third-order valence-corrected chi connectivity index (χ3v) is 1.83. The summed E-state index contributed by atoms with van der Waals surface area (Å²) < 4.78 is 4.94. The largest absolute Gasteiger partial charge is 0.458 e. The first kappa shape index (κ1) is 10.5. The summed E-state index contributed by atoms with van der Waals surface area (Å²) in [5.74, 6) is -0.246. The molecule has 0 aromatic heterocycles. The van der Waals surface area contributed by atoms with Crippen molar-refractivity contribution >= 4 is 5.97 Å². The fourth-order valence-electron chi connectivity index (χ4n) is 1.13. The minimum atomic E-state index is -0.246. The Morgan fingerprint density at radius 1 is 1.50 bits per heavy atom. The molecule has 0 bridgehead atoms. The maximum atomic E-state index is 11.4. The van der Waals surface area contributed by atoms with Gasteiger partial charge >= 0.3 is 5.97 Å². The van der Waals surface area contributed by atoms with Crippen LogP contribution in [0.4, 0.5) is 0 Å². The van der Waals surface area contributed by atoms with Crippen LogP contribution in [0.25, 0.3) is 0 Å². The van der Waals surface area contributed by atoms with Crippen LogP contribution in [0.5, 0.6) is 0 Å². The summed E-state index contributed by atoms with van der Waals surface area (Å²) in [5, 5.41) is 0. The second kappa shape index (κ2) is 5.97. The molecule has 2 heteroatoms. The monoisotopic (exact) mass is 190 g/mol. The Bertz CT molecular complexity index is 295. The van der Waals surface area contributed by atoms with Crippen molar-refractivity contribution in [3.63, 3.8) is 0 Å². The molecule has 14 heavy (non-hydrogen) atoms. The number of esters is 1. The molecule has 0 aromatic rings. The van der Waals surface area contributed by atoms with Gasteiger partial charge in [0.15, 0.2) is 0 Å². The van der Waals surface area contributed by atoms with Crippen LogP contribution in [-0.4, -0.2) is 12.6 Å². The molecule has 0 saturated carbocycles. The zero-order valence-electron chi connectivity index (χ0n) is 8.11. The summed E-state index contributed by atoms with van der Waals surface area (Å²) in [7, 11) is 0. The Morgan fingerprint density at radius 2 is 2.36 bits per heavy atom. The van der Waals surface area contributed by atoms with Crippen molar-refractivity contribution in [3.05, 3.63) is 48.6 Å². The van der Waals surface area contributed by atoms with E-state index >= 15 is 0 Å². The topological polar surface area (TPSA) is 26.3 Å². The fraction of sp³-hybridized carbons (Fsp3) is 0.250. The van der Waals surface area contributed by atoms with Gasteiger partial charge in [-0.2, -0.15) is 0 Å². The average molecular weight is 190 g/mol. The molecule has 0 atom stereocenters. The number of ether oxygens (including phenoxy) is 1. The molecule has 0 amide bonds. The summed E-state index contributed by atoms with van der Waals surface area (Å²) in [4.78, 5) is 11.4. The molecular formula is C12H14O2. The molecule has 0 radical (unpaired) electrons. The zero-order valence-corrected chi connectivity index (χ0v) is 8.11. The Balaban J connectivity index is 2.57. The van der Waals surface area contributed by atoms with Crippen LogP contribution in [0.15, 0.2) is 48.6 Å². The number of allylic oxidation sites excluding steroid dienone is 5. The molecule has 1 rings (SSSR count). The predicted octanol–water partition coefficient (Wildman–Crippen LogP) is 2.55. The van der Waals surface area contributed by atoms with Crippen molar-refractivity contribution < 1.29 is 9.53 Å². The first-order chi connectivity index (χ1) is 6.84. The van der Waals surface area contributed by atoms with E-state index in [-0.39, 0.29) is 12.6 Å². The smallest absolute Gasteiger partial charge is 0.334 e. The molecule has 0 N–H and O–H groups in total. The Morgan fingerprint density at radius 3 is 3.14 bits per heavy atom. The summed E-state index contributed by atoms with van der Waals surface area (Å²) in [6.45, 7) is 3.76. The Labute approximate surface area is 84.3 Å². The third kappa shape index (κ3) is 3.44. The van der Waals surface area contributed by atoms with E-state index in [4.69, 9.17) is 4.74 Å². The van der Waals surface area contributed by atoms with E-state index in [1.807, 2.05) is 24.3 Å². The van der Waals surface area contributed by atoms with E-state index in [9.17, 15) is 4.79 Å². The first-order valence-corrected chi connectivity index (χ1v) is 4.65. The first-order valence-electron chi connectivity index (χ1n) is 4.65. The lowest BCUT2D eigenvalue weighted by Gasteiger charge is -2.05. The summed E-state index contributed by atoms with van der Waals surface area (Å²) in [6.07, 6.45) is 12.7. The summed E-state index contributed by atoms with van der Waals surface area (Å²) in [6, 6.07) is 0. The van der Waals surface area contributed by atoms with E-state index in [0.717, 1.165) is 12.8 Å². The molecule has 0 fully saturated rings. The van der Waals surface area contributed by atoms with Gasteiger partial charge in [0.05, 0.1) is 0 Å². The molecule has 1 aliphatic carbocycles. The van der Waals surface area contributed by atoms with Crippen LogP contribution < -0.4 is 0 Å². The highest BCUT2D eigenvalue weighted by molar-refractivity contribution is 5.88. The van der Waals surface area contributed by atoms with Gasteiger partial charge in [0.1, 0.15) is 6.61 Å². The normalized spacial score (nSPS) is 23.6. The van der Waals surface area contributed by atoms with Gasteiger partial charge in [-0.15, -0.1) is 0 Å². The van der Waals surface area contributed by atoms with E-state index in [1.54, 1.807) is 12.2 Å². The number of hydrogen-bond donors (Lipinski definition) is 0. The second-order valence-electron chi connectivity index (χ2n) is 2.93. The van der Waals surface area contributed by atoms with Crippen LogP contribution in [0.2, 0.25) is 0 Å². The molecule has 1 aliphatic rings. The van der Waals surface area contributed by atoms with Gasteiger partial charge in [0.2, 0.25) is 0 Å². The highest BCUT2D eigenvalue weighted by Gasteiger charge is 2.08. The zero-order chi connectivity index (χ0) is 10.2. The van der Waals surface area contributed by atoms with Gasteiger partial charge in [0, 0.05) is 5.57 Å². The maximum Gasteiger partial charge on any atom is 0.334 e. The molecule has 0 aromatic carbocycles. The Kier molecular flexibility index (Phi) is 4.48. The third-order valence-electron chi connectivity index (χ3n) is 1.83. The Hall–Kier alpha value is -1.57. The van der Waals surface area contributed by atoms with Gasteiger partial charge in [0.25, 0.3) is 0 Å². The van der Waals surface area contributed by atoms with Crippen LogP contribution in [0.1, 0.15) is 12.8 Å². The van der Waals surface area contributed by atoms with Crippen molar-refractivity contribution in [2.45, 2.75) is 12.8 Å². The molecule has 0 unspecified atom stereocenters. The van der Waals surface area contributed by atoms with Gasteiger partial charge < -0.3 is 4.74 Å². The van der Waals surface area contributed by atoms with E-state index in [1.165, 1.54) is 0 Å². The van der Waals surface area contributed by atoms with Crippen molar-refractivity contribution in [1.29, 1.82) is 0 Å². The van der Waals surface area contributed by atoms with E-state index < -0.39 is 0 Å². The van der Waals surface area contributed by atoms with Crippen LogP contribution in [0, 0.1) is 0 Å². The number of carbonyl (C=O) groups excluding carboxylic acids is 1. The number of hydrogen-bond acceptors (Lipinski definition) is 2. The lowest BCUT2D eigenvalue weighted by Crippen LogP contribution is -2.08. The summed E-state index contributed by atoms with van der Waals surface area (Å²) >= 11 is 0. The standard InChI is InChI=1S/C12H14O2/c1-2-10-14-12(13)11-8-6-4-3-5-7-9-11/h2-6,8H,1,7,9-10H2/b5-3-,6-4-,11-8+. The van der Waals surface area contributed by atoms with Gasteiger partial charge in [-0.05, 0) is 12.8 Å². The highest BCUT2D eigenvalue weighted by Crippen LogP contribution is 2.10. The highest BCUT2D eigenvalue weighted by atomic mass is 16.5. The van der Waals surface area contributed by atoms with Gasteiger partial charge in [-0.3, -0.25) is 0 Å². The van der Waals surface area contributed by atoms with E-state index in [0.29, 0.717) is 5.57 Å². The number of carbonyl (C=O) groups is 1. The quantitative estimate of drug-likeness (QED) is 0.505. The van der Waals surface area contributed by atoms with Gasteiger partial charge in [-0.25, -0.2) is 4.79 Å². The lowest BCUT2D eigenvalue weighted by atomic mass is 10.1. The average Bonchev–Trinajstić information content (AvgIpc) is 2.13. The van der Waals surface area contributed by atoms with Crippen molar-refractivity contribution in [1.82, 2.24) is 0 Å². The predicted molar refractivity (Wildman–Crippen MR) is 56.8 cm³/mol.